The minimum Gasteiger partial charge on any atom is -0.487 e. The smallest absolute Gasteiger partial charge is 0.142 e. The Labute approximate surface area is 164 Å². The fourth-order valence-corrected chi connectivity index (χ4v) is 3.62. The first-order chi connectivity index (χ1) is 12.2. The van der Waals surface area contributed by atoms with Crippen molar-refractivity contribution in [1.29, 1.82) is 0 Å². The van der Waals surface area contributed by atoms with Gasteiger partial charge in [0, 0.05) is 10.0 Å². The van der Waals surface area contributed by atoms with E-state index in [0.717, 1.165) is 31.5 Å². The van der Waals surface area contributed by atoms with Gasteiger partial charge in [0.2, 0.25) is 0 Å². The SMILES string of the molecule is Brc1cc(Br)c(OCc2ccccc2)c(/C=N\Nc2ccccc2)c1. The summed E-state index contributed by atoms with van der Waals surface area (Å²) in [7, 11) is 0. The van der Waals surface area contributed by atoms with Crippen molar-refractivity contribution in [3.63, 3.8) is 0 Å². The van der Waals surface area contributed by atoms with E-state index < -0.39 is 0 Å². The van der Waals surface area contributed by atoms with Crippen LogP contribution in [0.2, 0.25) is 0 Å². The highest BCUT2D eigenvalue weighted by molar-refractivity contribution is 9.11. The molecule has 5 heteroatoms. The first kappa shape index (κ1) is 17.7. The van der Waals surface area contributed by atoms with Gasteiger partial charge in [-0.25, -0.2) is 0 Å². The van der Waals surface area contributed by atoms with E-state index in [2.05, 4.69) is 42.4 Å². The zero-order valence-corrected chi connectivity index (χ0v) is 16.5. The number of hydrogen-bond acceptors (Lipinski definition) is 3. The Morgan fingerprint density at radius 3 is 2.32 bits per heavy atom. The van der Waals surface area contributed by atoms with Gasteiger partial charge >= 0.3 is 0 Å². The lowest BCUT2D eigenvalue weighted by Crippen LogP contribution is -2.00. The number of hydrogen-bond donors (Lipinski definition) is 1. The molecule has 25 heavy (non-hydrogen) atoms. The van der Waals surface area contributed by atoms with Gasteiger partial charge in [0.25, 0.3) is 0 Å². The third kappa shape index (κ3) is 5.18. The number of nitrogens with one attached hydrogen (secondary N) is 1. The van der Waals surface area contributed by atoms with Crippen LogP contribution in [0.15, 0.2) is 86.8 Å². The highest BCUT2D eigenvalue weighted by atomic mass is 79.9. The largest absolute Gasteiger partial charge is 0.487 e. The number of nitrogens with zero attached hydrogens (tertiary/aromatic N) is 1. The molecule has 0 bridgehead atoms. The second kappa shape index (κ2) is 8.83. The molecule has 0 aromatic heterocycles. The lowest BCUT2D eigenvalue weighted by molar-refractivity contribution is 0.304. The third-order valence-corrected chi connectivity index (χ3v) is 4.48. The summed E-state index contributed by atoms with van der Waals surface area (Å²) < 4.78 is 7.85. The van der Waals surface area contributed by atoms with Crippen molar-refractivity contribution >= 4 is 43.8 Å². The number of rotatable bonds is 6. The summed E-state index contributed by atoms with van der Waals surface area (Å²) in [5.74, 6) is 0.755. The molecular formula is C20H16Br2N2O. The second-order valence-electron chi connectivity index (χ2n) is 5.32. The predicted octanol–water partition coefficient (Wildman–Crippen LogP) is 6.24. The third-order valence-electron chi connectivity index (χ3n) is 3.43. The van der Waals surface area contributed by atoms with E-state index in [1.807, 2.05) is 72.8 Å². The Morgan fingerprint density at radius 2 is 1.60 bits per heavy atom. The molecule has 0 spiro atoms. The van der Waals surface area contributed by atoms with Crippen molar-refractivity contribution in [3.8, 4) is 5.75 Å². The first-order valence-electron chi connectivity index (χ1n) is 7.72. The van der Waals surface area contributed by atoms with Gasteiger partial charge < -0.3 is 4.74 Å². The van der Waals surface area contributed by atoms with Crippen LogP contribution < -0.4 is 10.2 Å². The summed E-state index contributed by atoms with van der Waals surface area (Å²) in [4.78, 5) is 0. The van der Waals surface area contributed by atoms with Crippen LogP contribution in [-0.2, 0) is 6.61 Å². The second-order valence-corrected chi connectivity index (χ2v) is 7.09. The number of halogens is 2. The maximum Gasteiger partial charge on any atom is 0.142 e. The van der Waals surface area contributed by atoms with Gasteiger partial charge in [-0.05, 0) is 45.8 Å². The molecule has 0 atom stereocenters. The molecule has 0 saturated carbocycles. The molecule has 126 valence electrons. The maximum absolute atomic E-state index is 6.03. The van der Waals surface area contributed by atoms with Crippen LogP contribution in [0.3, 0.4) is 0 Å². The Balaban J connectivity index is 1.77. The molecule has 3 aromatic rings. The lowest BCUT2D eigenvalue weighted by atomic mass is 10.2. The number of benzene rings is 3. The van der Waals surface area contributed by atoms with Crippen molar-refractivity contribution in [2.24, 2.45) is 5.10 Å². The molecule has 3 nitrogen and oxygen atoms in total. The highest BCUT2D eigenvalue weighted by Crippen LogP contribution is 2.32. The van der Waals surface area contributed by atoms with Crippen molar-refractivity contribution in [2.75, 3.05) is 5.43 Å². The quantitative estimate of drug-likeness (QED) is 0.349. The molecule has 0 saturated heterocycles. The zero-order valence-electron chi connectivity index (χ0n) is 13.3. The van der Waals surface area contributed by atoms with Gasteiger partial charge in [-0.1, -0.05) is 64.5 Å². The molecule has 0 aliphatic heterocycles. The molecule has 0 unspecified atom stereocenters. The number of ether oxygens (including phenoxy) is 1. The summed E-state index contributed by atoms with van der Waals surface area (Å²) in [6.45, 7) is 0.494. The van der Waals surface area contributed by atoms with Crippen LogP contribution in [0.5, 0.6) is 5.75 Å². The molecule has 3 rings (SSSR count). The van der Waals surface area contributed by atoms with Gasteiger partial charge in [0.1, 0.15) is 12.4 Å². The average molecular weight is 460 g/mol. The minimum atomic E-state index is 0.494. The number of hydrazone groups is 1. The van der Waals surface area contributed by atoms with Crippen molar-refractivity contribution in [1.82, 2.24) is 0 Å². The van der Waals surface area contributed by atoms with E-state index in [4.69, 9.17) is 4.74 Å². The Kier molecular flexibility index (Phi) is 6.25. The summed E-state index contributed by atoms with van der Waals surface area (Å²) in [5, 5.41) is 4.31. The Morgan fingerprint density at radius 1 is 0.920 bits per heavy atom. The molecule has 0 aliphatic rings. The number of para-hydroxylation sites is 1. The lowest BCUT2D eigenvalue weighted by Gasteiger charge is -2.12. The van der Waals surface area contributed by atoms with Crippen LogP contribution in [0.25, 0.3) is 0 Å². The molecule has 0 fully saturated rings. The van der Waals surface area contributed by atoms with Gasteiger partial charge in [0.05, 0.1) is 16.4 Å². The van der Waals surface area contributed by atoms with Crippen LogP contribution in [-0.4, -0.2) is 6.21 Å². The van der Waals surface area contributed by atoms with Gasteiger partial charge in [-0.15, -0.1) is 0 Å². The monoisotopic (exact) mass is 458 g/mol. The Bertz CT molecular complexity index is 852. The predicted molar refractivity (Wildman–Crippen MR) is 110 cm³/mol. The minimum absolute atomic E-state index is 0.494. The van der Waals surface area contributed by atoms with Crippen molar-refractivity contribution in [3.05, 3.63) is 92.9 Å². The van der Waals surface area contributed by atoms with Gasteiger partial charge in [-0.3, -0.25) is 5.43 Å². The molecule has 0 aliphatic carbocycles. The van der Waals surface area contributed by atoms with Crippen molar-refractivity contribution < 1.29 is 4.74 Å². The van der Waals surface area contributed by atoms with Crippen molar-refractivity contribution in [2.45, 2.75) is 6.61 Å². The molecule has 1 N–H and O–H groups in total. The summed E-state index contributed by atoms with van der Waals surface area (Å²) >= 11 is 7.08. The fraction of sp³-hybridized carbons (Fsp3) is 0.0500. The summed E-state index contributed by atoms with van der Waals surface area (Å²) in [6, 6.07) is 23.8. The molecule has 0 radical (unpaired) electrons. The summed E-state index contributed by atoms with van der Waals surface area (Å²) in [6.07, 6.45) is 1.75. The topological polar surface area (TPSA) is 33.6 Å². The van der Waals surface area contributed by atoms with E-state index in [9.17, 15) is 0 Å². The van der Waals surface area contributed by atoms with E-state index in [0.29, 0.717) is 6.61 Å². The van der Waals surface area contributed by atoms with Crippen LogP contribution in [0.1, 0.15) is 11.1 Å². The van der Waals surface area contributed by atoms with E-state index in [1.54, 1.807) is 6.21 Å². The average Bonchev–Trinajstić information content (AvgIpc) is 2.62. The normalized spacial score (nSPS) is 10.8. The molecular weight excluding hydrogens is 444 g/mol. The van der Waals surface area contributed by atoms with Crippen LogP contribution >= 0.6 is 31.9 Å². The van der Waals surface area contributed by atoms with E-state index >= 15 is 0 Å². The highest BCUT2D eigenvalue weighted by Gasteiger charge is 2.09. The standard InChI is InChI=1S/C20H16Br2N2O/c21-17-11-16(13-23-24-18-9-5-2-6-10-18)20(19(22)12-17)25-14-15-7-3-1-4-8-15/h1-13,24H,14H2/b23-13-. The fourth-order valence-electron chi connectivity index (χ4n) is 2.25. The van der Waals surface area contributed by atoms with E-state index in [1.165, 1.54) is 0 Å². The summed E-state index contributed by atoms with van der Waals surface area (Å²) in [5.41, 5.74) is 5.94. The van der Waals surface area contributed by atoms with E-state index in [-0.39, 0.29) is 0 Å². The maximum atomic E-state index is 6.03. The zero-order chi connectivity index (χ0) is 17.5. The molecule has 0 amide bonds. The van der Waals surface area contributed by atoms with Crippen LogP contribution in [0.4, 0.5) is 5.69 Å². The number of anilines is 1. The first-order valence-corrected chi connectivity index (χ1v) is 9.31. The van der Waals surface area contributed by atoms with Gasteiger partial charge in [0.15, 0.2) is 0 Å². The van der Waals surface area contributed by atoms with Crippen LogP contribution in [0, 0.1) is 0 Å². The molecule has 0 heterocycles. The Hall–Kier alpha value is -2.11. The van der Waals surface area contributed by atoms with Gasteiger partial charge in [-0.2, -0.15) is 5.10 Å². The molecule has 3 aromatic carbocycles.